The van der Waals surface area contributed by atoms with Crippen molar-refractivity contribution in [2.24, 2.45) is 0 Å². The van der Waals surface area contributed by atoms with Gasteiger partial charge in [-0.25, -0.2) is 15.0 Å². The molecule has 0 fully saturated rings. The van der Waals surface area contributed by atoms with Gasteiger partial charge >= 0.3 is 0 Å². The van der Waals surface area contributed by atoms with E-state index < -0.39 is 0 Å². The van der Waals surface area contributed by atoms with Crippen LogP contribution < -0.4 is 4.74 Å². The van der Waals surface area contributed by atoms with Crippen molar-refractivity contribution in [2.75, 3.05) is 0 Å². The first-order valence-corrected chi connectivity index (χ1v) is 18.2. The van der Waals surface area contributed by atoms with E-state index in [1.165, 1.54) is 11.1 Å². The Bertz CT molecular complexity index is 3050. The molecule has 0 saturated carbocycles. The van der Waals surface area contributed by atoms with Gasteiger partial charge in [-0.1, -0.05) is 129 Å². The Morgan fingerprint density at radius 1 is 0.519 bits per heavy atom. The van der Waals surface area contributed by atoms with Crippen LogP contribution in [0.2, 0.25) is 0 Å². The maximum absolute atomic E-state index is 6.78. The highest BCUT2D eigenvalue weighted by molar-refractivity contribution is 6.14. The zero-order chi connectivity index (χ0) is 36.0. The van der Waals surface area contributed by atoms with Crippen LogP contribution in [0.15, 0.2) is 162 Å². The third kappa shape index (κ3) is 4.50. The second-order valence-corrected chi connectivity index (χ2v) is 14.4. The summed E-state index contributed by atoms with van der Waals surface area (Å²) in [5, 5.41) is 4.27. The van der Waals surface area contributed by atoms with Crippen LogP contribution in [0.25, 0.3) is 83.6 Å². The summed E-state index contributed by atoms with van der Waals surface area (Å²) in [5.74, 6) is 3.61. The van der Waals surface area contributed by atoms with E-state index in [-0.39, 0.29) is 5.41 Å². The predicted octanol–water partition coefficient (Wildman–Crippen LogP) is 12.3. The van der Waals surface area contributed by atoms with Crippen molar-refractivity contribution in [1.29, 1.82) is 0 Å². The lowest BCUT2D eigenvalue weighted by Crippen LogP contribution is -2.24. The lowest BCUT2D eigenvalue weighted by molar-refractivity contribution is 0.423. The van der Waals surface area contributed by atoms with Gasteiger partial charge in [-0.2, -0.15) is 0 Å². The van der Waals surface area contributed by atoms with Gasteiger partial charge in [0.1, 0.15) is 22.7 Å². The number of benzene rings is 7. The smallest absolute Gasteiger partial charge is 0.167 e. The standard InChI is InChI=1S/C48H32N4O2/c1-48(2)36-21-10-12-23-41(36)54-44-37(48)25-26-39-42(44)33-18-9-11-22-38(33)52(39)31-24-27-40-35(28-31)32-19-13-20-34(43(32)53-40)47-50-45(29-14-5-3-6-15-29)49-46(51-47)30-16-7-4-8-17-30/h3-28H,1-2H3. The number of hydrogen-bond acceptors (Lipinski definition) is 5. The number of furan rings is 1. The van der Waals surface area contributed by atoms with E-state index in [1.807, 2.05) is 72.8 Å². The zero-order valence-corrected chi connectivity index (χ0v) is 29.6. The molecule has 0 N–H and O–H groups in total. The van der Waals surface area contributed by atoms with Gasteiger partial charge in [-0.05, 0) is 42.5 Å². The highest BCUT2D eigenvalue weighted by atomic mass is 16.5. The summed E-state index contributed by atoms with van der Waals surface area (Å²) in [5.41, 5.74) is 9.59. The summed E-state index contributed by atoms with van der Waals surface area (Å²) in [6.07, 6.45) is 0. The summed E-state index contributed by atoms with van der Waals surface area (Å²) in [6.45, 7) is 4.57. The Hall–Kier alpha value is -7.05. The molecule has 7 aromatic carbocycles. The number of rotatable bonds is 4. The highest BCUT2D eigenvalue weighted by Gasteiger charge is 2.36. The Balaban J connectivity index is 1.10. The molecule has 1 aliphatic heterocycles. The second-order valence-electron chi connectivity index (χ2n) is 14.4. The molecular weight excluding hydrogens is 665 g/mol. The normalized spacial score (nSPS) is 13.3. The number of aromatic nitrogens is 4. The first-order valence-electron chi connectivity index (χ1n) is 18.2. The van der Waals surface area contributed by atoms with Crippen LogP contribution in [0, 0.1) is 0 Å². The molecule has 10 aromatic rings. The molecule has 0 bridgehead atoms. The average molecular weight is 697 g/mol. The van der Waals surface area contributed by atoms with Crippen molar-refractivity contribution in [3.8, 4) is 51.3 Å². The molecular formula is C48H32N4O2. The van der Waals surface area contributed by atoms with Crippen LogP contribution in [0.1, 0.15) is 25.0 Å². The molecule has 0 spiro atoms. The van der Waals surface area contributed by atoms with Crippen LogP contribution in [0.3, 0.4) is 0 Å². The first-order chi connectivity index (χ1) is 26.5. The van der Waals surface area contributed by atoms with Crippen LogP contribution in [0.5, 0.6) is 11.5 Å². The van der Waals surface area contributed by atoms with E-state index in [0.29, 0.717) is 17.5 Å². The van der Waals surface area contributed by atoms with E-state index >= 15 is 0 Å². The largest absolute Gasteiger partial charge is 0.456 e. The zero-order valence-electron chi connectivity index (χ0n) is 29.6. The van der Waals surface area contributed by atoms with Gasteiger partial charge in [-0.15, -0.1) is 0 Å². The van der Waals surface area contributed by atoms with Crippen molar-refractivity contribution < 1.29 is 9.15 Å². The molecule has 11 rings (SSSR count). The summed E-state index contributed by atoms with van der Waals surface area (Å²) in [4.78, 5) is 14.9. The monoisotopic (exact) mass is 696 g/mol. The van der Waals surface area contributed by atoms with Crippen molar-refractivity contribution in [1.82, 2.24) is 19.5 Å². The summed E-state index contributed by atoms with van der Waals surface area (Å²) in [7, 11) is 0. The molecule has 0 unspecified atom stereocenters. The summed E-state index contributed by atoms with van der Waals surface area (Å²) >= 11 is 0. The number of para-hydroxylation sites is 3. The molecule has 1 aliphatic rings. The molecule has 256 valence electrons. The second kappa shape index (κ2) is 11.5. The molecule has 0 amide bonds. The summed E-state index contributed by atoms with van der Waals surface area (Å²) in [6, 6.07) is 54.2. The van der Waals surface area contributed by atoms with Gasteiger partial charge in [0.05, 0.1) is 22.0 Å². The third-order valence-corrected chi connectivity index (χ3v) is 10.9. The number of hydrogen-bond donors (Lipinski definition) is 0. The SMILES string of the molecule is CC1(C)c2ccccc2Oc2c1ccc1c2c2ccccc2n1-c1ccc2oc3c(-c4nc(-c5ccccc5)nc(-c5ccccc5)n4)cccc3c2c1. The van der Waals surface area contributed by atoms with Crippen LogP contribution in [0.4, 0.5) is 0 Å². The number of nitrogens with zero attached hydrogens (tertiary/aromatic N) is 4. The Labute approximate surface area is 311 Å². The van der Waals surface area contributed by atoms with Gasteiger partial charge in [-0.3, -0.25) is 0 Å². The first kappa shape index (κ1) is 30.6. The molecule has 6 nitrogen and oxygen atoms in total. The Morgan fingerprint density at radius 3 is 1.96 bits per heavy atom. The Kier molecular flexibility index (Phi) is 6.49. The van der Waals surface area contributed by atoms with Gasteiger partial charge in [0.2, 0.25) is 0 Å². The topological polar surface area (TPSA) is 66.0 Å². The quantitative estimate of drug-likeness (QED) is 0.183. The molecule has 54 heavy (non-hydrogen) atoms. The maximum atomic E-state index is 6.78. The highest BCUT2D eigenvalue weighted by Crippen LogP contribution is 2.52. The van der Waals surface area contributed by atoms with E-state index in [2.05, 4.69) is 103 Å². The van der Waals surface area contributed by atoms with Gasteiger partial charge in [0.25, 0.3) is 0 Å². The minimum Gasteiger partial charge on any atom is -0.456 e. The average Bonchev–Trinajstić information content (AvgIpc) is 3.77. The summed E-state index contributed by atoms with van der Waals surface area (Å²) < 4.78 is 15.8. The van der Waals surface area contributed by atoms with Crippen LogP contribution in [-0.4, -0.2) is 19.5 Å². The van der Waals surface area contributed by atoms with Crippen molar-refractivity contribution in [3.05, 3.63) is 169 Å². The van der Waals surface area contributed by atoms with Gasteiger partial charge < -0.3 is 13.7 Å². The third-order valence-electron chi connectivity index (χ3n) is 10.9. The van der Waals surface area contributed by atoms with E-state index in [9.17, 15) is 0 Å². The molecule has 0 saturated heterocycles. The molecule has 4 heterocycles. The molecule has 0 aliphatic carbocycles. The predicted molar refractivity (Wildman–Crippen MR) is 216 cm³/mol. The van der Waals surface area contributed by atoms with E-state index in [4.69, 9.17) is 24.1 Å². The fourth-order valence-electron chi connectivity index (χ4n) is 8.26. The minimum atomic E-state index is -0.212. The lowest BCUT2D eigenvalue weighted by Gasteiger charge is -2.34. The molecule has 0 radical (unpaired) electrons. The van der Waals surface area contributed by atoms with Crippen molar-refractivity contribution in [3.63, 3.8) is 0 Å². The fourth-order valence-corrected chi connectivity index (χ4v) is 8.26. The fraction of sp³-hybridized carbons (Fsp3) is 0.0625. The number of fused-ring (bicyclic) bond motifs is 9. The van der Waals surface area contributed by atoms with E-state index in [0.717, 1.165) is 77.6 Å². The van der Waals surface area contributed by atoms with Gasteiger partial charge in [0, 0.05) is 49.5 Å². The minimum absolute atomic E-state index is 0.212. The molecule has 0 atom stereocenters. The lowest BCUT2D eigenvalue weighted by atomic mass is 9.75. The Morgan fingerprint density at radius 2 is 1.19 bits per heavy atom. The number of ether oxygens (including phenoxy) is 1. The molecule has 6 heteroatoms. The van der Waals surface area contributed by atoms with Crippen LogP contribution in [-0.2, 0) is 5.41 Å². The maximum Gasteiger partial charge on any atom is 0.167 e. The van der Waals surface area contributed by atoms with Crippen LogP contribution >= 0.6 is 0 Å². The van der Waals surface area contributed by atoms with Crippen molar-refractivity contribution in [2.45, 2.75) is 19.3 Å². The van der Waals surface area contributed by atoms with E-state index in [1.54, 1.807) is 0 Å². The van der Waals surface area contributed by atoms with Crippen molar-refractivity contribution >= 4 is 43.7 Å². The molecule has 3 aromatic heterocycles. The van der Waals surface area contributed by atoms with Gasteiger partial charge in [0.15, 0.2) is 17.5 Å².